The first-order valence-corrected chi connectivity index (χ1v) is 8.34. The summed E-state index contributed by atoms with van der Waals surface area (Å²) in [5.74, 6) is -0.703. The third-order valence-corrected chi connectivity index (χ3v) is 5.27. The third kappa shape index (κ3) is 3.59. The van der Waals surface area contributed by atoms with Crippen LogP contribution in [0.15, 0.2) is 17.0 Å². The average molecular weight is 314 g/mol. The van der Waals surface area contributed by atoms with E-state index in [1.54, 1.807) is 4.90 Å². The fourth-order valence-electron chi connectivity index (χ4n) is 2.63. The zero-order valence-corrected chi connectivity index (χ0v) is 13.0. The summed E-state index contributed by atoms with van der Waals surface area (Å²) in [5, 5.41) is 0. The zero-order chi connectivity index (χ0) is 15.6. The molecular weight excluding hydrogens is 295 g/mol. The van der Waals surface area contributed by atoms with E-state index in [2.05, 4.69) is 4.72 Å². The smallest absolute Gasteiger partial charge is 0.241 e. The zero-order valence-electron chi connectivity index (χ0n) is 12.1. The van der Waals surface area contributed by atoms with Crippen LogP contribution < -0.4 is 4.72 Å². The number of aryl methyl sites for hydroxylation is 2. The molecule has 116 valence electrons. The van der Waals surface area contributed by atoms with Crippen LogP contribution in [0.25, 0.3) is 0 Å². The van der Waals surface area contributed by atoms with Crippen molar-refractivity contribution in [1.82, 2.24) is 9.62 Å². The number of halogens is 1. The van der Waals surface area contributed by atoms with Crippen molar-refractivity contribution < 1.29 is 17.6 Å². The SMILES string of the molecule is Cc1cc(F)cc(C)c1S(=O)(=O)NCC(=O)N1CCCC1. The highest BCUT2D eigenvalue weighted by molar-refractivity contribution is 7.89. The number of nitrogens with zero attached hydrogens (tertiary/aromatic N) is 1. The van der Waals surface area contributed by atoms with E-state index < -0.39 is 15.8 Å². The van der Waals surface area contributed by atoms with Crippen LogP contribution in [0.1, 0.15) is 24.0 Å². The minimum atomic E-state index is -3.83. The lowest BCUT2D eigenvalue weighted by atomic mass is 10.1. The third-order valence-electron chi connectivity index (χ3n) is 3.57. The maximum atomic E-state index is 13.2. The van der Waals surface area contributed by atoms with Crippen molar-refractivity contribution in [3.05, 3.63) is 29.1 Å². The summed E-state index contributed by atoms with van der Waals surface area (Å²) in [6, 6.07) is 2.34. The van der Waals surface area contributed by atoms with Crippen molar-refractivity contribution >= 4 is 15.9 Å². The summed E-state index contributed by atoms with van der Waals surface area (Å²) in [7, 11) is -3.83. The fraction of sp³-hybridized carbons (Fsp3) is 0.500. The first kappa shape index (κ1) is 15.9. The Labute approximate surface area is 124 Å². The Morgan fingerprint density at radius 2 is 1.76 bits per heavy atom. The molecule has 0 aromatic heterocycles. The number of carbonyl (C=O) groups is 1. The van der Waals surface area contributed by atoms with Gasteiger partial charge in [0.2, 0.25) is 15.9 Å². The molecule has 0 radical (unpaired) electrons. The van der Waals surface area contributed by atoms with Gasteiger partial charge in [-0.25, -0.2) is 17.5 Å². The average Bonchev–Trinajstić information content (AvgIpc) is 2.88. The van der Waals surface area contributed by atoms with Crippen LogP contribution in [0.5, 0.6) is 0 Å². The second-order valence-electron chi connectivity index (χ2n) is 5.28. The second kappa shape index (κ2) is 6.11. The lowest BCUT2D eigenvalue weighted by Crippen LogP contribution is -2.39. The lowest BCUT2D eigenvalue weighted by Gasteiger charge is -2.16. The van der Waals surface area contributed by atoms with Gasteiger partial charge in [0.15, 0.2) is 0 Å². The molecule has 1 aromatic rings. The first-order chi connectivity index (χ1) is 9.81. The van der Waals surface area contributed by atoms with Gasteiger partial charge in [-0.15, -0.1) is 0 Å². The Bertz CT molecular complexity index is 629. The lowest BCUT2D eigenvalue weighted by molar-refractivity contribution is -0.128. The van der Waals surface area contributed by atoms with Crippen LogP contribution in [0.4, 0.5) is 4.39 Å². The van der Waals surface area contributed by atoms with Crippen molar-refractivity contribution in [2.45, 2.75) is 31.6 Å². The number of hydrogen-bond acceptors (Lipinski definition) is 3. The molecule has 1 saturated heterocycles. The number of amides is 1. The van der Waals surface area contributed by atoms with E-state index in [-0.39, 0.29) is 17.3 Å². The van der Waals surface area contributed by atoms with Gasteiger partial charge in [-0.2, -0.15) is 0 Å². The molecule has 7 heteroatoms. The molecule has 1 N–H and O–H groups in total. The Morgan fingerprint density at radius 3 is 2.29 bits per heavy atom. The number of benzene rings is 1. The number of carbonyl (C=O) groups excluding carboxylic acids is 1. The van der Waals surface area contributed by atoms with E-state index in [0.29, 0.717) is 24.2 Å². The van der Waals surface area contributed by atoms with Crippen LogP contribution in [0, 0.1) is 19.7 Å². The number of nitrogens with one attached hydrogen (secondary N) is 1. The van der Waals surface area contributed by atoms with E-state index in [1.165, 1.54) is 26.0 Å². The minimum Gasteiger partial charge on any atom is -0.342 e. The van der Waals surface area contributed by atoms with Crippen molar-refractivity contribution in [3.63, 3.8) is 0 Å². The van der Waals surface area contributed by atoms with Crippen molar-refractivity contribution in [1.29, 1.82) is 0 Å². The standard InChI is InChI=1S/C14H19FN2O3S/c1-10-7-12(15)8-11(2)14(10)21(19,20)16-9-13(18)17-5-3-4-6-17/h7-8,16H,3-6,9H2,1-2H3. The highest BCUT2D eigenvalue weighted by atomic mass is 32.2. The van der Waals surface area contributed by atoms with Gasteiger partial charge < -0.3 is 4.90 Å². The van der Waals surface area contributed by atoms with Gasteiger partial charge in [0.1, 0.15) is 5.82 Å². The van der Waals surface area contributed by atoms with Crippen molar-refractivity contribution in [2.75, 3.05) is 19.6 Å². The maximum absolute atomic E-state index is 13.2. The monoisotopic (exact) mass is 314 g/mol. The molecule has 0 aliphatic carbocycles. The predicted molar refractivity (Wildman–Crippen MR) is 76.9 cm³/mol. The molecule has 0 saturated carbocycles. The first-order valence-electron chi connectivity index (χ1n) is 6.85. The number of sulfonamides is 1. The Kier molecular flexibility index (Phi) is 4.63. The highest BCUT2D eigenvalue weighted by Crippen LogP contribution is 2.21. The second-order valence-corrected chi connectivity index (χ2v) is 6.98. The highest BCUT2D eigenvalue weighted by Gasteiger charge is 2.23. The van der Waals surface area contributed by atoms with Crippen LogP contribution in [0.2, 0.25) is 0 Å². The quantitative estimate of drug-likeness (QED) is 0.912. The Balaban J connectivity index is 2.13. The largest absolute Gasteiger partial charge is 0.342 e. The maximum Gasteiger partial charge on any atom is 0.241 e. The fourth-order valence-corrected chi connectivity index (χ4v) is 4.05. The molecule has 0 unspecified atom stereocenters. The molecule has 5 nitrogen and oxygen atoms in total. The molecule has 0 bridgehead atoms. The van der Waals surface area contributed by atoms with Gasteiger partial charge in [0, 0.05) is 13.1 Å². The number of hydrogen-bond donors (Lipinski definition) is 1. The molecule has 1 aliphatic heterocycles. The van der Waals surface area contributed by atoms with Crippen LogP contribution >= 0.6 is 0 Å². The molecule has 2 rings (SSSR count). The summed E-state index contributed by atoms with van der Waals surface area (Å²) < 4.78 is 40.2. The van der Waals surface area contributed by atoms with Crippen LogP contribution in [-0.2, 0) is 14.8 Å². The molecule has 1 aliphatic rings. The molecule has 1 amide bonds. The molecule has 1 fully saturated rings. The van der Waals surface area contributed by atoms with E-state index in [1.807, 2.05) is 0 Å². The number of likely N-dealkylation sites (tertiary alicyclic amines) is 1. The van der Waals surface area contributed by atoms with E-state index >= 15 is 0 Å². The molecule has 1 heterocycles. The van der Waals surface area contributed by atoms with E-state index in [4.69, 9.17) is 0 Å². The van der Waals surface area contributed by atoms with Crippen molar-refractivity contribution in [3.8, 4) is 0 Å². The molecule has 0 spiro atoms. The molecule has 0 atom stereocenters. The predicted octanol–water partition coefficient (Wildman–Crippen LogP) is 1.34. The molecule has 1 aromatic carbocycles. The van der Waals surface area contributed by atoms with Gasteiger partial charge in [0.05, 0.1) is 11.4 Å². The Hall–Kier alpha value is -1.47. The molecule has 21 heavy (non-hydrogen) atoms. The molecular formula is C14H19FN2O3S. The van der Waals surface area contributed by atoms with Gasteiger partial charge in [-0.05, 0) is 49.9 Å². The normalized spacial score (nSPS) is 15.5. The summed E-state index contributed by atoms with van der Waals surface area (Å²) >= 11 is 0. The van der Waals surface area contributed by atoms with Gasteiger partial charge in [0.25, 0.3) is 0 Å². The number of rotatable bonds is 4. The minimum absolute atomic E-state index is 0.0399. The summed E-state index contributed by atoms with van der Waals surface area (Å²) in [6.45, 7) is 4.16. The Morgan fingerprint density at radius 1 is 1.24 bits per heavy atom. The summed E-state index contributed by atoms with van der Waals surface area (Å²) in [5.41, 5.74) is 0.655. The summed E-state index contributed by atoms with van der Waals surface area (Å²) in [6.07, 6.45) is 1.91. The topological polar surface area (TPSA) is 66.5 Å². The van der Waals surface area contributed by atoms with E-state index in [9.17, 15) is 17.6 Å². The van der Waals surface area contributed by atoms with Crippen LogP contribution in [-0.4, -0.2) is 38.9 Å². The van der Waals surface area contributed by atoms with Crippen molar-refractivity contribution in [2.24, 2.45) is 0 Å². The summed E-state index contributed by atoms with van der Waals surface area (Å²) in [4.78, 5) is 13.6. The van der Waals surface area contributed by atoms with E-state index in [0.717, 1.165) is 12.8 Å². The van der Waals surface area contributed by atoms with Crippen LogP contribution in [0.3, 0.4) is 0 Å². The van der Waals surface area contributed by atoms with Gasteiger partial charge in [-0.1, -0.05) is 0 Å². The van der Waals surface area contributed by atoms with Gasteiger partial charge >= 0.3 is 0 Å². The van der Waals surface area contributed by atoms with Gasteiger partial charge in [-0.3, -0.25) is 4.79 Å².